The first-order valence-electron chi connectivity index (χ1n) is 5.98. The number of rotatable bonds is 5. The Morgan fingerprint density at radius 2 is 2.17 bits per heavy atom. The number of halogens is 1. The number of thiazole rings is 1. The maximum absolute atomic E-state index is 4.40. The Morgan fingerprint density at radius 1 is 1.33 bits per heavy atom. The number of nitrogens with one attached hydrogen (secondary N) is 1. The van der Waals surface area contributed by atoms with Crippen LogP contribution in [0.5, 0.6) is 0 Å². The van der Waals surface area contributed by atoms with Gasteiger partial charge in [-0.05, 0) is 40.9 Å². The van der Waals surface area contributed by atoms with Gasteiger partial charge < -0.3 is 5.32 Å². The fourth-order valence-corrected chi connectivity index (χ4v) is 2.64. The average molecular weight is 326 g/mol. The lowest BCUT2D eigenvalue weighted by Gasteiger charge is -2.05. The highest BCUT2D eigenvalue weighted by atomic mass is 79.9. The molecule has 0 saturated heterocycles. The van der Waals surface area contributed by atoms with E-state index in [1.807, 2.05) is 18.5 Å². The average Bonchev–Trinajstić information content (AvgIpc) is 2.82. The van der Waals surface area contributed by atoms with Crippen LogP contribution in [0.2, 0.25) is 0 Å². The molecule has 2 aromatic heterocycles. The number of aryl methyl sites for hydroxylation is 2. The lowest BCUT2D eigenvalue weighted by atomic mass is 10.3. The zero-order chi connectivity index (χ0) is 13.0. The van der Waals surface area contributed by atoms with Crippen LogP contribution in [0.15, 0.2) is 22.9 Å². The molecule has 0 unspecified atom stereocenters. The van der Waals surface area contributed by atoms with Gasteiger partial charge in [-0.15, -0.1) is 11.3 Å². The van der Waals surface area contributed by atoms with E-state index < -0.39 is 0 Å². The van der Waals surface area contributed by atoms with E-state index in [2.05, 4.69) is 45.1 Å². The molecule has 2 rings (SSSR count). The molecule has 0 aliphatic carbocycles. The standard InChI is InChI=1S/C13H16BrN3S/c1-3-10-7-17-13(18-10)4-5-15-12-6-9(2)11(14)8-16-12/h6-8H,3-5H2,1-2H3,(H,15,16). The smallest absolute Gasteiger partial charge is 0.126 e. The van der Waals surface area contributed by atoms with Crippen LogP contribution in [-0.4, -0.2) is 16.5 Å². The molecular weight excluding hydrogens is 310 g/mol. The molecule has 0 aromatic carbocycles. The van der Waals surface area contributed by atoms with E-state index in [1.165, 1.54) is 15.4 Å². The van der Waals surface area contributed by atoms with Gasteiger partial charge in [0.25, 0.3) is 0 Å². The molecule has 5 heteroatoms. The van der Waals surface area contributed by atoms with Crippen molar-refractivity contribution < 1.29 is 0 Å². The molecule has 18 heavy (non-hydrogen) atoms. The summed E-state index contributed by atoms with van der Waals surface area (Å²) in [4.78, 5) is 10.1. The Balaban J connectivity index is 1.86. The third kappa shape index (κ3) is 3.53. The fourth-order valence-electron chi connectivity index (χ4n) is 1.56. The van der Waals surface area contributed by atoms with Gasteiger partial charge in [-0.2, -0.15) is 0 Å². The Hall–Kier alpha value is -0.940. The highest BCUT2D eigenvalue weighted by Gasteiger charge is 2.02. The molecule has 0 aliphatic heterocycles. The zero-order valence-electron chi connectivity index (χ0n) is 10.5. The Bertz CT molecular complexity index is 525. The first kappa shape index (κ1) is 13.5. The molecule has 3 nitrogen and oxygen atoms in total. The van der Waals surface area contributed by atoms with Gasteiger partial charge >= 0.3 is 0 Å². The molecule has 2 heterocycles. The van der Waals surface area contributed by atoms with Crippen LogP contribution >= 0.6 is 27.3 Å². The summed E-state index contributed by atoms with van der Waals surface area (Å²) in [5.74, 6) is 0.919. The van der Waals surface area contributed by atoms with Crippen molar-refractivity contribution in [2.24, 2.45) is 0 Å². The lowest BCUT2D eigenvalue weighted by Crippen LogP contribution is -2.06. The van der Waals surface area contributed by atoms with Gasteiger partial charge in [0.05, 0.1) is 5.01 Å². The molecule has 0 amide bonds. The number of anilines is 1. The van der Waals surface area contributed by atoms with E-state index in [9.17, 15) is 0 Å². The normalized spacial score (nSPS) is 10.6. The Labute approximate surface area is 120 Å². The van der Waals surface area contributed by atoms with E-state index in [-0.39, 0.29) is 0 Å². The Kier molecular flexibility index (Phi) is 4.72. The quantitative estimate of drug-likeness (QED) is 0.907. The molecule has 0 aliphatic rings. The van der Waals surface area contributed by atoms with Crippen LogP contribution in [0.1, 0.15) is 22.4 Å². The van der Waals surface area contributed by atoms with Gasteiger partial charge in [-0.1, -0.05) is 6.92 Å². The maximum atomic E-state index is 4.40. The van der Waals surface area contributed by atoms with Crippen LogP contribution in [0.4, 0.5) is 5.82 Å². The molecular formula is C13H16BrN3S. The molecule has 2 aromatic rings. The third-order valence-corrected chi connectivity index (χ3v) is 4.67. The number of aromatic nitrogens is 2. The van der Waals surface area contributed by atoms with Crippen LogP contribution in [0, 0.1) is 6.92 Å². The molecule has 0 fully saturated rings. The summed E-state index contributed by atoms with van der Waals surface area (Å²) < 4.78 is 1.04. The minimum atomic E-state index is 0.866. The molecule has 96 valence electrons. The van der Waals surface area contributed by atoms with Gasteiger partial charge in [-0.25, -0.2) is 9.97 Å². The largest absolute Gasteiger partial charge is 0.370 e. The number of hydrogen-bond acceptors (Lipinski definition) is 4. The summed E-state index contributed by atoms with van der Waals surface area (Å²) in [5.41, 5.74) is 1.19. The molecule has 0 spiro atoms. The first-order valence-corrected chi connectivity index (χ1v) is 7.59. The molecule has 0 radical (unpaired) electrons. The predicted octanol–water partition coefficient (Wildman–Crippen LogP) is 3.83. The highest BCUT2D eigenvalue weighted by molar-refractivity contribution is 9.10. The van der Waals surface area contributed by atoms with Crippen molar-refractivity contribution in [1.29, 1.82) is 0 Å². The van der Waals surface area contributed by atoms with Crippen molar-refractivity contribution >= 4 is 33.1 Å². The van der Waals surface area contributed by atoms with Crippen molar-refractivity contribution in [3.63, 3.8) is 0 Å². The predicted molar refractivity (Wildman–Crippen MR) is 80.4 cm³/mol. The van der Waals surface area contributed by atoms with Crippen molar-refractivity contribution in [3.8, 4) is 0 Å². The SMILES string of the molecule is CCc1cnc(CCNc2cc(C)c(Br)cn2)s1. The van der Waals surface area contributed by atoms with E-state index in [1.54, 1.807) is 11.3 Å². The second-order valence-corrected chi connectivity index (χ2v) is 6.12. The zero-order valence-corrected chi connectivity index (χ0v) is 12.9. The van der Waals surface area contributed by atoms with Crippen LogP contribution in [-0.2, 0) is 12.8 Å². The van der Waals surface area contributed by atoms with Gasteiger partial charge in [0, 0.05) is 34.7 Å². The summed E-state index contributed by atoms with van der Waals surface area (Å²) in [6.07, 6.45) is 5.82. The van der Waals surface area contributed by atoms with Crippen molar-refractivity contribution in [2.45, 2.75) is 26.7 Å². The second-order valence-electron chi connectivity index (χ2n) is 4.07. The maximum Gasteiger partial charge on any atom is 0.126 e. The molecule has 0 atom stereocenters. The highest BCUT2D eigenvalue weighted by Crippen LogP contribution is 2.17. The summed E-state index contributed by atoms with van der Waals surface area (Å²) in [5, 5.41) is 4.51. The van der Waals surface area contributed by atoms with Crippen molar-refractivity contribution in [2.75, 3.05) is 11.9 Å². The number of pyridine rings is 1. The van der Waals surface area contributed by atoms with Crippen LogP contribution in [0.25, 0.3) is 0 Å². The number of nitrogens with zero attached hydrogens (tertiary/aromatic N) is 2. The second kappa shape index (κ2) is 6.29. The molecule has 1 N–H and O–H groups in total. The summed E-state index contributed by atoms with van der Waals surface area (Å²) in [6, 6.07) is 2.05. The van der Waals surface area contributed by atoms with Crippen molar-refractivity contribution in [3.05, 3.63) is 38.4 Å². The van der Waals surface area contributed by atoms with Gasteiger partial charge in [-0.3, -0.25) is 0 Å². The third-order valence-electron chi connectivity index (χ3n) is 2.64. The summed E-state index contributed by atoms with van der Waals surface area (Å²) in [6.45, 7) is 5.08. The van der Waals surface area contributed by atoms with Gasteiger partial charge in [0.2, 0.25) is 0 Å². The van der Waals surface area contributed by atoms with Gasteiger partial charge in [0.1, 0.15) is 5.82 Å². The number of hydrogen-bond donors (Lipinski definition) is 1. The first-order chi connectivity index (χ1) is 8.69. The van der Waals surface area contributed by atoms with Crippen LogP contribution in [0.3, 0.4) is 0 Å². The molecule has 0 bridgehead atoms. The molecule has 0 saturated carbocycles. The fraction of sp³-hybridized carbons (Fsp3) is 0.385. The Morgan fingerprint density at radius 3 is 2.83 bits per heavy atom. The topological polar surface area (TPSA) is 37.8 Å². The van der Waals surface area contributed by atoms with E-state index in [4.69, 9.17) is 0 Å². The van der Waals surface area contributed by atoms with Crippen molar-refractivity contribution in [1.82, 2.24) is 9.97 Å². The van der Waals surface area contributed by atoms with E-state index >= 15 is 0 Å². The van der Waals surface area contributed by atoms with E-state index in [0.29, 0.717) is 0 Å². The van der Waals surface area contributed by atoms with Crippen LogP contribution < -0.4 is 5.32 Å². The van der Waals surface area contributed by atoms with Gasteiger partial charge in [0.15, 0.2) is 0 Å². The summed E-state index contributed by atoms with van der Waals surface area (Å²) in [7, 11) is 0. The van der Waals surface area contributed by atoms with E-state index in [0.717, 1.165) is 29.7 Å². The lowest BCUT2D eigenvalue weighted by molar-refractivity contribution is 0.985. The minimum absolute atomic E-state index is 0.866. The monoisotopic (exact) mass is 325 g/mol. The minimum Gasteiger partial charge on any atom is -0.370 e. The summed E-state index contributed by atoms with van der Waals surface area (Å²) >= 11 is 5.24.